The SMILES string of the molecule is COc1cccc(C(=O)NC23CCC(CC2)C3)c1O. The van der Waals surface area contributed by atoms with Gasteiger partial charge in [0.2, 0.25) is 0 Å². The van der Waals surface area contributed by atoms with Crippen molar-refractivity contribution in [1.29, 1.82) is 0 Å². The zero-order valence-corrected chi connectivity index (χ0v) is 11.1. The highest BCUT2D eigenvalue weighted by Crippen LogP contribution is 2.47. The van der Waals surface area contributed by atoms with Crippen LogP contribution in [0.4, 0.5) is 0 Å². The van der Waals surface area contributed by atoms with Crippen LogP contribution in [-0.4, -0.2) is 23.7 Å². The maximum absolute atomic E-state index is 12.3. The van der Waals surface area contributed by atoms with E-state index in [0.717, 1.165) is 25.2 Å². The molecule has 19 heavy (non-hydrogen) atoms. The molecule has 0 spiro atoms. The molecule has 2 N–H and O–H groups in total. The molecule has 2 bridgehead atoms. The molecule has 4 nitrogen and oxygen atoms in total. The normalized spacial score (nSPS) is 28.4. The Morgan fingerprint density at radius 2 is 2.16 bits per heavy atom. The fraction of sp³-hybridized carbons (Fsp3) is 0.533. The molecule has 1 aromatic carbocycles. The van der Waals surface area contributed by atoms with Crippen molar-refractivity contribution in [3.63, 3.8) is 0 Å². The molecular formula is C15H19NO3. The Hall–Kier alpha value is -1.71. The van der Waals surface area contributed by atoms with Crippen molar-refractivity contribution in [3.05, 3.63) is 23.8 Å². The van der Waals surface area contributed by atoms with E-state index in [0.29, 0.717) is 11.3 Å². The molecule has 0 aliphatic heterocycles. The van der Waals surface area contributed by atoms with Crippen LogP contribution in [0.15, 0.2) is 18.2 Å². The second-order valence-electron chi connectivity index (χ2n) is 5.74. The highest BCUT2D eigenvalue weighted by Gasteiger charge is 2.45. The van der Waals surface area contributed by atoms with E-state index in [1.54, 1.807) is 18.2 Å². The molecule has 1 amide bonds. The van der Waals surface area contributed by atoms with Gasteiger partial charge in [-0.2, -0.15) is 0 Å². The van der Waals surface area contributed by atoms with E-state index in [9.17, 15) is 9.90 Å². The van der Waals surface area contributed by atoms with Crippen molar-refractivity contribution in [2.24, 2.45) is 5.92 Å². The number of benzene rings is 1. The molecule has 0 atom stereocenters. The monoisotopic (exact) mass is 261 g/mol. The van der Waals surface area contributed by atoms with Crippen molar-refractivity contribution in [2.75, 3.05) is 7.11 Å². The number of amides is 1. The molecule has 0 heterocycles. The number of carbonyl (C=O) groups excluding carboxylic acids is 1. The van der Waals surface area contributed by atoms with Gasteiger partial charge >= 0.3 is 0 Å². The van der Waals surface area contributed by atoms with Gasteiger partial charge in [0.1, 0.15) is 0 Å². The first-order chi connectivity index (χ1) is 9.13. The number of methoxy groups -OCH3 is 1. The van der Waals surface area contributed by atoms with Crippen molar-refractivity contribution in [1.82, 2.24) is 5.32 Å². The zero-order valence-electron chi connectivity index (χ0n) is 11.1. The highest BCUT2D eigenvalue weighted by molar-refractivity contribution is 5.98. The molecule has 102 valence electrons. The molecule has 0 unspecified atom stereocenters. The van der Waals surface area contributed by atoms with Crippen LogP contribution in [0.1, 0.15) is 42.5 Å². The molecule has 2 saturated carbocycles. The van der Waals surface area contributed by atoms with Crippen molar-refractivity contribution >= 4 is 5.91 Å². The summed E-state index contributed by atoms with van der Waals surface area (Å²) in [5.41, 5.74) is 0.265. The zero-order chi connectivity index (χ0) is 13.5. The summed E-state index contributed by atoms with van der Waals surface area (Å²) in [7, 11) is 1.48. The molecule has 1 aromatic rings. The topological polar surface area (TPSA) is 58.6 Å². The second-order valence-corrected chi connectivity index (χ2v) is 5.74. The molecule has 0 saturated heterocycles. The first-order valence-electron chi connectivity index (χ1n) is 6.82. The Morgan fingerprint density at radius 3 is 2.74 bits per heavy atom. The summed E-state index contributed by atoms with van der Waals surface area (Å²) >= 11 is 0. The van der Waals surface area contributed by atoms with Gasteiger partial charge in [-0.15, -0.1) is 0 Å². The van der Waals surface area contributed by atoms with Crippen LogP contribution in [0, 0.1) is 5.92 Å². The van der Waals surface area contributed by atoms with E-state index in [1.165, 1.54) is 20.0 Å². The van der Waals surface area contributed by atoms with E-state index in [4.69, 9.17) is 4.74 Å². The van der Waals surface area contributed by atoms with Gasteiger partial charge in [-0.25, -0.2) is 0 Å². The van der Waals surface area contributed by atoms with Crippen LogP contribution < -0.4 is 10.1 Å². The number of aromatic hydroxyl groups is 1. The summed E-state index contributed by atoms with van der Waals surface area (Å²) in [6.07, 6.45) is 5.64. The Bertz CT molecular complexity index is 504. The van der Waals surface area contributed by atoms with E-state index in [-0.39, 0.29) is 17.2 Å². The van der Waals surface area contributed by atoms with Crippen LogP contribution in [0.5, 0.6) is 11.5 Å². The van der Waals surface area contributed by atoms with Crippen LogP contribution in [0.2, 0.25) is 0 Å². The van der Waals surface area contributed by atoms with Crippen LogP contribution in [0.25, 0.3) is 0 Å². The lowest BCUT2D eigenvalue weighted by atomic mass is 9.93. The first kappa shape index (κ1) is 12.3. The predicted molar refractivity (Wildman–Crippen MR) is 71.4 cm³/mol. The van der Waals surface area contributed by atoms with Gasteiger partial charge < -0.3 is 15.2 Å². The maximum Gasteiger partial charge on any atom is 0.255 e. The summed E-state index contributed by atoms with van der Waals surface area (Å²) in [4.78, 5) is 12.3. The minimum Gasteiger partial charge on any atom is -0.504 e. The average molecular weight is 261 g/mol. The molecular weight excluding hydrogens is 242 g/mol. The number of nitrogens with one attached hydrogen (secondary N) is 1. The minimum atomic E-state index is -0.195. The lowest BCUT2D eigenvalue weighted by Gasteiger charge is -2.28. The standard InChI is InChI=1S/C15H19NO3/c1-19-12-4-2-3-11(13(12)17)14(18)16-15-7-5-10(9-15)6-8-15/h2-4,10,17H,5-9H2,1H3,(H,16,18). The summed E-state index contributed by atoms with van der Waals surface area (Å²) in [6.45, 7) is 0. The van der Waals surface area contributed by atoms with Crippen molar-refractivity contribution in [2.45, 2.75) is 37.6 Å². The summed E-state index contributed by atoms with van der Waals surface area (Å²) in [5.74, 6) is 0.838. The van der Waals surface area contributed by atoms with E-state index in [2.05, 4.69) is 5.32 Å². The van der Waals surface area contributed by atoms with Crippen LogP contribution >= 0.6 is 0 Å². The lowest BCUT2D eigenvalue weighted by Crippen LogP contribution is -2.45. The van der Waals surface area contributed by atoms with E-state index >= 15 is 0 Å². The smallest absolute Gasteiger partial charge is 0.255 e. The van der Waals surface area contributed by atoms with E-state index < -0.39 is 0 Å². The largest absolute Gasteiger partial charge is 0.504 e. The molecule has 2 aliphatic carbocycles. The maximum atomic E-state index is 12.3. The molecule has 0 aromatic heterocycles. The first-order valence-corrected chi connectivity index (χ1v) is 6.82. The Kier molecular flexibility index (Phi) is 2.88. The number of phenolic OH excluding ortho intramolecular Hbond substituents is 1. The Morgan fingerprint density at radius 1 is 1.42 bits per heavy atom. The summed E-state index contributed by atoms with van der Waals surface area (Å²) in [6, 6.07) is 4.99. The van der Waals surface area contributed by atoms with Gasteiger partial charge in [-0.1, -0.05) is 6.07 Å². The van der Waals surface area contributed by atoms with Gasteiger partial charge in [-0.05, 0) is 50.2 Å². The Balaban J connectivity index is 1.81. The number of carbonyl (C=O) groups is 1. The number of para-hydroxylation sites is 1. The molecule has 2 fully saturated rings. The second kappa shape index (κ2) is 4.44. The number of ether oxygens (including phenoxy) is 1. The van der Waals surface area contributed by atoms with Crippen LogP contribution in [-0.2, 0) is 0 Å². The van der Waals surface area contributed by atoms with Crippen LogP contribution in [0.3, 0.4) is 0 Å². The third kappa shape index (κ3) is 2.05. The third-order valence-electron chi connectivity index (χ3n) is 4.58. The van der Waals surface area contributed by atoms with Gasteiger partial charge in [0, 0.05) is 5.54 Å². The predicted octanol–water partition coefficient (Wildman–Crippen LogP) is 2.46. The minimum absolute atomic E-state index is 0.0305. The summed E-state index contributed by atoms with van der Waals surface area (Å²) in [5, 5.41) is 13.2. The lowest BCUT2D eigenvalue weighted by molar-refractivity contribution is 0.0897. The van der Waals surface area contributed by atoms with Gasteiger partial charge in [-0.3, -0.25) is 4.79 Å². The number of hydrogen-bond donors (Lipinski definition) is 2. The highest BCUT2D eigenvalue weighted by atomic mass is 16.5. The Labute approximate surface area is 112 Å². The fourth-order valence-corrected chi connectivity index (χ4v) is 3.55. The molecule has 0 radical (unpaired) electrons. The summed E-state index contributed by atoms with van der Waals surface area (Å²) < 4.78 is 5.04. The molecule has 3 rings (SSSR count). The average Bonchev–Trinajstić information content (AvgIpc) is 2.98. The van der Waals surface area contributed by atoms with E-state index in [1.807, 2.05) is 0 Å². The number of fused-ring (bicyclic) bond motifs is 2. The van der Waals surface area contributed by atoms with Crippen molar-refractivity contribution in [3.8, 4) is 11.5 Å². The van der Waals surface area contributed by atoms with Crippen molar-refractivity contribution < 1.29 is 14.6 Å². The third-order valence-corrected chi connectivity index (χ3v) is 4.58. The fourth-order valence-electron chi connectivity index (χ4n) is 3.55. The molecule has 4 heteroatoms. The van der Waals surface area contributed by atoms with Gasteiger partial charge in [0.25, 0.3) is 5.91 Å². The number of phenols is 1. The molecule has 2 aliphatic rings. The number of hydrogen-bond acceptors (Lipinski definition) is 3. The quantitative estimate of drug-likeness (QED) is 0.878. The van der Waals surface area contributed by atoms with Gasteiger partial charge in [0.05, 0.1) is 12.7 Å². The number of rotatable bonds is 3. The van der Waals surface area contributed by atoms with Gasteiger partial charge in [0.15, 0.2) is 11.5 Å².